The molecule has 7 heteroatoms. The summed E-state index contributed by atoms with van der Waals surface area (Å²) in [7, 11) is 1.88. The topological polar surface area (TPSA) is 81.7 Å². The van der Waals surface area contributed by atoms with E-state index < -0.39 is 6.04 Å². The first-order valence-electron chi connectivity index (χ1n) is 7.67. The van der Waals surface area contributed by atoms with Crippen LogP contribution in [0.15, 0.2) is 18.2 Å². The summed E-state index contributed by atoms with van der Waals surface area (Å²) in [6.45, 7) is 1.19. The van der Waals surface area contributed by atoms with Crippen molar-refractivity contribution >= 4 is 29.1 Å². The van der Waals surface area contributed by atoms with Gasteiger partial charge in [0.1, 0.15) is 6.04 Å². The molecule has 1 unspecified atom stereocenters. The molecule has 0 spiro atoms. The maximum atomic E-state index is 12.2. The molecular weight excluding hydrogens is 318 g/mol. The smallest absolute Gasteiger partial charge is 0.246 e. The lowest BCUT2D eigenvalue weighted by molar-refractivity contribution is -0.128. The molecular formula is C16H22ClN3O3. The molecule has 1 heterocycles. The van der Waals surface area contributed by atoms with Crippen molar-refractivity contribution < 1.29 is 14.7 Å². The number of hydrogen-bond donors (Lipinski definition) is 3. The Morgan fingerprint density at radius 3 is 3.00 bits per heavy atom. The molecule has 1 aliphatic heterocycles. The molecule has 3 N–H and O–H groups in total. The zero-order valence-electron chi connectivity index (χ0n) is 13.1. The fourth-order valence-electron chi connectivity index (χ4n) is 2.55. The minimum Gasteiger partial charge on any atom is -0.395 e. The first-order chi connectivity index (χ1) is 11.0. The van der Waals surface area contributed by atoms with Gasteiger partial charge in [-0.3, -0.25) is 14.5 Å². The summed E-state index contributed by atoms with van der Waals surface area (Å²) in [5.41, 5.74) is 1.51. The number of halogens is 1. The van der Waals surface area contributed by atoms with Gasteiger partial charge in [-0.25, -0.2) is 0 Å². The number of benzene rings is 1. The number of piperidine rings is 1. The number of hydrogen-bond acceptors (Lipinski definition) is 4. The van der Waals surface area contributed by atoms with E-state index in [-0.39, 0.29) is 18.4 Å². The second-order valence-electron chi connectivity index (χ2n) is 5.77. The second kappa shape index (κ2) is 8.29. The Morgan fingerprint density at radius 1 is 1.52 bits per heavy atom. The van der Waals surface area contributed by atoms with Crippen molar-refractivity contribution in [3.05, 3.63) is 28.8 Å². The Bertz CT molecular complexity index is 580. The van der Waals surface area contributed by atoms with Crippen molar-refractivity contribution in [1.82, 2.24) is 10.2 Å². The van der Waals surface area contributed by atoms with Crippen molar-refractivity contribution in [3.63, 3.8) is 0 Å². The van der Waals surface area contributed by atoms with Crippen LogP contribution < -0.4 is 10.6 Å². The van der Waals surface area contributed by atoms with Gasteiger partial charge >= 0.3 is 0 Å². The molecule has 2 rings (SSSR count). The van der Waals surface area contributed by atoms with E-state index in [1.54, 1.807) is 12.1 Å². The van der Waals surface area contributed by atoms with E-state index in [2.05, 4.69) is 10.6 Å². The highest BCUT2D eigenvalue weighted by Gasteiger charge is 2.24. The van der Waals surface area contributed by atoms with Gasteiger partial charge in [0.25, 0.3) is 0 Å². The monoisotopic (exact) mass is 339 g/mol. The number of aliphatic hydroxyl groups is 1. The van der Waals surface area contributed by atoms with Crippen LogP contribution in [0.4, 0.5) is 5.69 Å². The molecule has 1 saturated heterocycles. The molecule has 1 aromatic rings. The third-order valence-electron chi connectivity index (χ3n) is 3.78. The highest BCUT2D eigenvalue weighted by atomic mass is 35.5. The van der Waals surface area contributed by atoms with Gasteiger partial charge in [-0.1, -0.05) is 11.6 Å². The number of carbonyl (C=O) groups is 2. The molecule has 1 aliphatic rings. The molecule has 6 nitrogen and oxygen atoms in total. The Morgan fingerprint density at radius 2 is 2.30 bits per heavy atom. The van der Waals surface area contributed by atoms with Gasteiger partial charge in [0.2, 0.25) is 11.8 Å². The molecule has 126 valence electrons. The Hall–Kier alpha value is -1.63. The molecule has 23 heavy (non-hydrogen) atoms. The third kappa shape index (κ3) is 5.20. The molecule has 0 saturated carbocycles. The number of carbonyl (C=O) groups excluding carboxylic acids is 2. The number of anilines is 1. The normalized spacial score (nSPS) is 17.9. The van der Waals surface area contributed by atoms with Crippen LogP contribution in [0.2, 0.25) is 5.02 Å². The standard InChI is InChI=1S/C16H22ClN3O3/c1-20(7-8-21)10-11-9-12(5-6-13(11)17)18-16(23)14-3-2-4-15(22)19-14/h5-6,9,14,21H,2-4,7-8,10H2,1H3,(H,18,23)(H,19,22). The summed E-state index contributed by atoms with van der Waals surface area (Å²) >= 11 is 6.19. The number of amides is 2. The van der Waals surface area contributed by atoms with Crippen LogP contribution in [0, 0.1) is 0 Å². The van der Waals surface area contributed by atoms with Gasteiger partial charge in [-0.05, 0) is 43.7 Å². The van der Waals surface area contributed by atoms with E-state index in [1.807, 2.05) is 18.0 Å². The molecule has 0 radical (unpaired) electrons. The largest absolute Gasteiger partial charge is 0.395 e. The fourth-order valence-corrected chi connectivity index (χ4v) is 2.72. The van der Waals surface area contributed by atoms with Crippen LogP contribution in [0.5, 0.6) is 0 Å². The zero-order valence-corrected chi connectivity index (χ0v) is 13.9. The van der Waals surface area contributed by atoms with Crippen molar-refractivity contribution in [3.8, 4) is 0 Å². The molecule has 1 aromatic carbocycles. The summed E-state index contributed by atoms with van der Waals surface area (Å²) in [5, 5.41) is 15.1. The maximum Gasteiger partial charge on any atom is 0.246 e. The number of rotatable bonds is 6. The SMILES string of the molecule is CN(CCO)Cc1cc(NC(=O)C2CCCC(=O)N2)ccc1Cl. The van der Waals surface area contributed by atoms with E-state index in [4.69, 9.17) is 16.7 Å². The van der Waals surface area contributed by atoms with Crippen molar-refractivity contribution in [2.24, 2.45) is 0 Å². The summed E-state index contributed by atoms with van der Waals surface area (Å²) in [4.78, 5) is 25.5. The van der Waals surface area contributed by atoms with E-state index in [0.29, 0.717) is 36.6 Å². The minimum atomic E-state index is -0.479. The van der Waals surface area contributed by atoms with Crippen LogP contribution >= 0.6 is 11.6 Å². The highest BCUT2D eigenvalue weighted by Crippen LogP contribution is 2.22. The first kappa shape index (κ1) is 17.7. The average molecular weight is 340 g/mol. The summed E-state index contributed by atoms with van der Waals surface area (Å²) in [5.74, 6) is -0.297. The lowest BCUT2D eigenvalue weighted by Crippen LogP contribution is -2.46. The number of nitrogens with one attached hydrogen (secondary N) is 2. The fraction of sp³-hybridized carbons (Fsp3) is 0.500. The van der Waals surface area contributed by atoms with Crippen LogP contribution in [0.1, 0.15) is 24.8 Å². The van der Waals surface area contributed by atoms with Crippen molar-refractivity contribution in [2.45, 2.75) is 31.8 Å². The molecule has 1 atom stereocenters. The lowest BCUT2D eigenvalue weighted by atomic mass is 10.0. The maximum absolute atomic E-state index is 12.2. The molecule has 1 fully saturated rings. The predicted molar refractivity (Wildman–Crippen MR) is 89.3 cm³/mol. The Kier molecular flexibility index (Phi) is 6.38. The summed E-state index contributed by atoms with van der Waals surface area (Å²) in [6, 6.07) is 4.81. The summed E-state index contributed by atoms with van der Waals surface area (Å²) < 4.78 is 0. The highest BCUT2D eigenvalue weighted by molar-refractivity contribution is 6.31. The van der Waals surface area contributed by atoms with Gasteiger partial charge in [0.05, 0.1) is 6.61 Å². The average Bonchev–Trinajstić information content (AvgIpc) is 2.51. The quantitative estimate of drug-likeness (QED) is 0.731. The number of aliphatic hydroxyl groups excluding tert-OH is 1. The van der Waals surface area contributed by atoms with Crippen LogP contribution in [0.3, 0.4) is 0 Å². The molecule has 0 aliphatic carbocycles. The second-order valence-corrected chi connectivity index (χ2v) is 6.18. The lowest BCUT2D eigenvalue weighted by Gasteiger charge is -2.22. The number of likely N-dealkylation sites (N-methyl/N-ethyl adjacent to an activating group) is 1. The van der Waals surface area contributed by atoms with Gasteiger partial charge in [-0.15, -0.1) is 0 Å². The molecule has 0 bridgehead atoms. The van der Waals surface area contributed by atoms with E-state index in [9.17, 15) is 9.59 Å². The molecule has 2 amide bonds. The minimum absolute atomic E-state index is 0.0753. The van der Waals surface area contributed by atoms with E-state index in [0.717, 1.165) is 12.0 Å². The number of nitrogens with zero attached hydrogens (tertiary/aromatic N) is 1. The Labute approximate surface area is 140 Å². The van der Waals surface area contributed by atoms with Crippen molar-refractivity contribution in [1.29, 1.82) is 0 Å². The van der Waals surface area contributed by atoms with Gasteiger partial charge < -0.3 is 15.7 Å². The van der Waals surface area contributed by atoms with Crippen LogP contribution in [-0.4, -0.2) is 48.1 Å². The molecule has 0 aromatic heterocycles. The Balaban J connectivity index is 2.02. The van der Waals surface area contributed by atoms with Crippen LogP contribution in [0.25, 0.3) is 0 Å². The zero-order chi connectivity index (χ0) is 16.8. The van der Waals surface area contributed by atoms with Crippen molar-refractivity contribution in [2.75, 3.05) is 25.5 Å². The van der Waals surface area contributed by atoms with Gasteiger partial charge in [0, 0.05) is 30.2 Å². The third-order valence-corrected chi connectivity index (χ3v) is 4.15. The van der Waals surface area contributed by atoms with E-state index in [1.165, 1.54) is 0 Å². The van der Waals surface area contributed by atoms with Gasteiger partial charge in [-0.2, -0.15) is 0 Å². The van der Waals surface area contributed by atoms with Crippen LogP contribution in [-0.2, 0) is 16.1 Å². The summed E-state index contributed by atoms with van der Waals surface area (Å²) in [6.07, 6.45) is 1.85. The van der Waals surface area contributed by atoms with E-state index >= 15 is 0 Å². The van der Waals surface area contributed by atoms with Gasteiger partial charge in [0.15, 0.2) is 0 Å². The predicted octanol–water partition coefficient (Wildman–Crippen LogP) is 1.37. The first-order valence-corrected chi connectivity index (χ1v) is 8.05.